The number of anilines is 1. The third-order valence-electron chi connectivity index (χ3n) is 2.32. The minimum Gasteiger partial charge on any atom is -0.280 e. The maximum Gasteiger partial charge on any atom is 0.198 e. The summed E-state index contributed by atoms with van der Waals surface area (Å²) >= 11 is 1.50. The standard InChI is InChI=1S/C12H14N4S/c1-2-11(10-6-4-3-5-7-10)16(13)15-12-14-8-9-17-12/h2-9,11H,1,13H2,(H,14,15). The maximum atomic E-state index is 5.97. The number of aromatic nitrogens is 1. The van der Waals surface area contributed by atoms with E-state index in [-0.39, 0.29) is 6.04 Å². The molecular formula is C12H14N4S. The monoisotopic (exact) mass is 246 g/mol. The Balaban J connectivity index is 2.11. The van der Waals surface area contributed by atoms with Crippen LogP contribution in [0, 0.1) is 0 Å². The summed E-state index contributed by atoms with van der Waals surface area (Å²) in [6.07, 6.45) is 3.52. The summed E-state index contributed by atoms with van der Waals surface area (Å²) in [4.78, 5) is 4.12. The van der Waals surface area contributed by atoms with Crippen LogP contribution in [0.5, 0.6) is 0 Å². The number of nitrogens with two attached hydrogens (primary N) is 1. The molecule has 1 atom stereocenters. The SMILES string of the molecule is C=CC(c1ccccc1)N(N)Nc1nccs1. The molecule has 1 unspecified atom stereocenters. The molecule has 5 heteroatoms. The van der Waals surface area contributed by atoms with Crippen LogP contribution >= 0.6 is 11.3 Å². The third kappa shape index (κ3) is 2.91. The summed E-state index contributed by atoms with van der Waals surface area (Å²) in [6.45, 7) is 3.81. The zero-order valence-corrected chi connectivity index (χ0v) is 10.1. The lowest BCUT2D eigenvalue weighted by Crippen LogP contribution is -2.39. The van der Waals surface area contributed by atoms with Crippen LogP contribution < -0.4 is 11.3 Å². The number of rotatable bonds is 5. The van der Waals surface area contributed by atoms with Gasteiger partial charge in [-0.05, 0) is 5.56 Å². The van der Waals surface area contributed by atoms with Gasteiger partial charge in [0.1, 0.15) is 0 Å². The number of thiazole rings is 1. The van der Waals surface area contributed by atoms with Crippen LogP contribution in [-0.4, -0.2) is 10.1 Å². The van der Waals surface area contributed by atoms with Gasteiger partial charge in [-0.2, -0.15) is 0 Å². The molecule has 1 aromatic carbocycles. The first-order chi connectivity index (χ1) is 8.31. The minimum absolute atomic E-state index is 0.0971. The molecule has 1 aromatic heterocycles. The minimum atomic E-state index is -0.0971. The first kappa shape index (κ1) is 11.8. The third-order valence-corrected chi connectivity index (χ3v) is 3.00. The predicted molar refractivity (Wildman–Crippen MR) is 71.1 cm³/mol. The Morgan fingerprint density at radius 3 is 2.76 bits per heavy atom. The van der Waals surface area contributed by atoms with Crippen molar-refractivity contribution in [3.8, 4) is 0 Å². The van der Waals surface area contributed by atoms with Gasteiger partial charge in [0.15, 0.2) is 5.13 Å². The molecule has 0 fully saturated rings. The fourth-order valence-electron chi connectivity index (χ4n) is 1.52. The van der Waals surface area contributed by atoms with Crippen molar-refractivity contribution in [3.63, 3.8) is 0 Å². The normalized spacial score (nSPS) is 12.4. The second-order valence-electron chi connectivity index (χ2n) is 3.45. The molecule has 0 saturated carbocycles. The lowest BCUT2D eigenvalue weighted by Gasteiger charge is -2.25. The number of nitrogens with one attached hydrogen (secondary N) is 1. The molecule has 0 saturated heterocycles. The molecule has 0 aliphatic rings. The molecule has 2 aromatic rings. The zero-order chi connectivity index (χ0) is 12.1. The van der Waals surface area contributed by atoms with Gasteiger partial charge in [-0.25, -0.2) is 10.8 Å². The fourth-order valence-corrected chi connectivity index (χ4v) is 2.05. The van der Waals surface area contributed by atoms with Gasteiger partial charge in [0.25, 0.3) is 0 Å². The summed E-state index contributed by atoms with van der Waals surface area (Å²) in [6, 6.07) is 9.84. The van der Waals surface area contributed by atoms with Crippen LogP contribution in [0.1, 0.15) is 11.6 Å². The molecule has 88 valence electrons. The van der Waals surface area contributed by atoms with Gasteiger partial charge < -0.3 is 0 Å². The van der Waals surface area contributed by atoms with E-state index in [9.17, 15) is 0 Å². The highest BCUT2D eigenvalue weighted by Gasteiger charge is 2.14. The van der Waals surface area contributed by atoms with E-state index in [0.717, 1.165) is 10.7 Å². The van der Waals surface area contributed by atoms with Crippen LogP contribution in [-0.2, 0) is 0 Å². The van der Waals surface area contributed by atoms with Crippen molar-refractivity contribution in [1.29, 1.82) is 0 Å². The second kappa shape index (κ2) is 5.58. The van der Waals surface area contributed by atoms with Crippen molar-refractivity contribution in [1.82, 2.24) is 10.1 Å². The molecule has 4 nitrogen and oxygen atoms in total. The molecule has 0 spiro atoms. The van der Waals surface area contributed by atoms with E-state index in [2.05, 4.69) is 17.0 Å². The fraction of sp³-hybridized carbons (Fsp3) is 0.0833. The average Bonchev–Trinajstić information content (AvgIpc) is 2.84. The molecule has 1 heterocycles. The quantitative estimate of drug-likeness (QED) is 0.483. The Labute approximate surface area is 104 Å². The molecular weight excluding hydrogens is 232 g/mol. The van der Waals surface area contributed by atoms with Crippen LogP contribution in [0.3, 0.4) is 0 Å². The van der Waals surface area contributed by atoms with Crippen LogP contribution in [0.25, 0.3) is 0 Å². The number of hydrogen-bond acceptors (Lipinski definition) is 5. The van der Waals surface area contributed by atoms with Crippen molar-refractivity contribution in [2.75, 3.05) is 5.43 Å². The second-order valence-corrected chi connectivity index (χ2v) is 4.34. The van der Waals surface area contributed by atoms with E-state index in [1.165, 1.54) is 16.5 Å². The lowest BCUT2D eigenvalue weighted by molar-refractivity contribution is 0.292. The molecule has 3 N–H and O–H groups in total. The average molecular weight is 246 g/mol. The molecule has 0 bridgehead atoms. The Morgan fingerprint density at radius 2 is 2.18 bits per heavy atom. The summed E-state index contributed by atoms with van der Waals surface area (Å²) in [5.41, 5.74) is 4.10. The molecule has 2 rings (SSSR count). The van der Waals surface area contributed by atoms with E-state index in [1.807, 2.05) is 35.7 Å². The largest absolute Gasteiger partial charge is 0.280 e. The highest BCUT2D eigenvalue weighted by Crippen LogP contribution is 2.20. The van der Waals surface area contributed by atoms with Crippen molar-refractivity contribution >= 4 is 16.5 Å². The van der Waals surface area contributed by atoms with E-state index < -0.39 is 0 Å². The smallest absolute Gasteiger partial charge is 0.198 e. The number of hydrazine groups is 2. The summed E-state index contributed by atoms with van der Waals surface area (Å²) in [5.74, 6) is 5.97. The van der Waals surface area contributed by atoms with Gasteiger partial charge >= 0.3 is 0 Å². The topological polar surface area (TPSA) is 54.2 Å². The molecule has 0 radical (unpaired) electrons. The molecule has 0 aliphatic carbocycles. The van der Waals surface area contributed by atoms with Gasteiger partial charge in [0, 0.05) is 11.6 Å². The van der Waals surface area contributed by atoms with Crippen LogP contribution in [0.2, 0.25) is 0 Å². The zero-order valence-electron chi connectivity index (χ0n) is 9.28. The van der Waals surface area contributed by atoms with E-state index in [4.69, 9.17) is 5.84 Å². The number of nitrogens with zero attached hydrogens (tertiary/aromatic N) is 2. The molecule has 17 heavy (non-hydrogen) atoms. The number of hydrogen-bond donors (Lipinski definition) is 2. The van der Waals surface area contributed by atoms with Crippen molar-refractivity contribution in [3.05, 3.63) is 60.1 Å². The summed E-state index contributed by atoms with van der Waals surface area (Å²) < 4.78 is 0. The van der Waals surface area contributed by atoms with Crippen molar-refractivity contribution in [2.24, 2.45) is 5.84 Å². The van der Waals surface area contributed by atoms with E-state index in [1.54, 1.807) is 12.3 Å². The first-order valence-electron chi connectivity index (χ1n) is 5.19. The Kier molecular flexibility index (Phi) is 3.87. The van der Waals surface area contributed by atoms with Crippen LogP contribution in [0.15, 0.2) is 54.6 Å². The van der Waals surface area contributed by atoms with Gasteiger partial charge in [-0.15, -0.1) is 23.0 Å². The lowest BCUT2D eigenvalue weighted by atomic mass is 10.1. The summed E-state index contributed by atoms with van der Waals surface area (Å²) in [7, 11) is 0. The first-order valence-corrected chi connectivity index (χ1v) is 6.07. The van der Waals surface area contributed by atoms with E-state index in [0.29, 0.717) is 0 Å². The summed E-state index contributed by atoms with van der Waals surface area (Å²) in [5, 5.41) is 4.15. The highest BCUT2D eigenvalue weighted by molar-refractivity contribution is 7.13. The Bertz CT molecular complexity index is 455. The van der Waals surface area contributed by atoms with Crippen LogP contribution in [0.4, 0.5) is 5.13 Å². The van der Waals surface area contributed by atoms with E-state index >= 15 is 0 Å². The van der Waals surface area contributed by atoms with Gasteiger partial charge in [0.2, 0.25) is 0 Å². The van der Waals surface area contributed by atoms with Gasteiger partial charge in [-0.1, -0.05) is 36.4 Å². The molecule has 0 amide bonds. The Morgan fingerprint density at radius 1 is 1.41 bits per heavy atom. The van der Waals surface area contributed by atoms with Gasteiger partial charge in [0.05, 0.1) is 6.04 Å². The maximum absolute atomic E-state index is 5.97. The molecule has 0 aliphatic heterocycles. The van der Waals surface area contributed by atoms with Crippen molar-refractivity contribution < 1.29 is 0 Å². The predicted octanol–water partition coefficient (Wildman–Crippen LogP) is 2.57. The van der Waals surface area contributed by atoms with Gasteiger partial charge in [-0.3, -0.25) is 5.43 Å². The highest BCUT2D eigenvalue weighted by atomic mass is 32.1. The van der Waals surface area contributed by atoms with Crippen molar-refractivity contribution in [2.45, 2.75) is 6.04 Å². The number of benzene rings is 1. The Hall–Kier alpha value is -1.69.